The lowest BCUT2D eigenvalue weighted by molar-refractivity contribution is 0.265. The van der Waals surface area contributed by atoms with Crippen molar-refractivity contribution < 1.29 is 4.52 Å². The maximum atomic E-state index is 6.16. The van der Waals surface area contributed by atoms with Gasteiger partial charge < -0.3 is 15.6 Å². The van der Waals surface area contributed by atoms with Gasteiger partial charge in [0, 0.05) is 12.1 Å². The molecule has 3 rings (SSSR count). The fourth-order valence-electron chi connectivity index (χ4n) is 2.12. The third-order valence-corrected chi connectivity index (χ3v) is 3.40. The average Bonchev–Trinajstić information content (AvgIpc) is 2.67. The van der Waals surface area contributed by atoms with E-state index in [9.17, 15) is 0 Å². The first-order chi connectivity index (χ1) is 8.18. The van der Waals surface area contributed by atoms with Crippen LogP contribution in [-0.2, 0) is 0 Å². The molecule has 0 bridgehead atoms. The Morgan fingerprint density at radius 3 is 3.00 bits per heavy atom. The minimum atomic E-state index is -0.0810. The van der Waals surface area contributed by atoms with E-state index in [4.69, 9.17) is 10.3 Å². The van der Waals surface area contributed by atoms with Crippen LogP contribution in [0, 0.1) is 6.92 Å². The van der Waals surface area contributed by atoms with Gasteiger partial charge in [-0.1, -0.05) is 5.16 Å². The highest BCUT2D eigenvalue weighted by Crippen LogP contribution is 2.30. The molecule has 1 aliphatic carbocycles. The number of rotatable bonds is 3. The minimum Gasteiger partial charge on any atom is -0.367 e. The number of hydrogen-bond donors (Lipinski definition) is 2. The van der Waals surface area contributed by atoms with E-state index < -0.39 is 0 Å². The van der Waals surface area contributed by atoms with Crippen LogP contribution in [-0.4, -0.2) is 27.2 Å². The van der Waals surface area contributed by atoms with Gasteiger partial charge in [-0.3, -0.25) is 0 Å². The summed E-state index contributed by atoms with van der Waals surface area (Å²) in [5.41, 5.74) is 7.39. The van der Waals surface area contributed by atoms with E-state index in [0.29, 0.717) is 5.71 Å². The predicted molar refractivity (Wildman–Crippen MR) is 63.6 cm³/mol. The summed E-state index contributed by atoms with van der Waals surface area (Å²) in [5.74, 6) is 0.755. The Labute approximate surface area is 98.6 Å². The van der Waals surface area contributed by atoms with Crippen LogP contribution in [0.15, 0.2) is 10.9 Å². The number of anilines is 1. The zero-order valence-corrected chi connectivity index (χ0v) is 9.73. The first kappa shape index (κ1) is 10.5. The first-order valence-corrected chi connectivity index (χ1v) is 5.78. The largest absolute Gasteiger partial charge is 0.367 e. The molecule has 90 valence electrons. The molecule has 6 heteroatoms. The van der Waals surface area contributed by atoms with Crippen molar-refractivity contribution in [2.45, 2.75) is 31.7 Å². The van der Waals surface area contributed by atoms with Gasteiger partial charge >= 0.3 is 0 Å². The number of nitrogens with zero attached hydrogens (tertiary/aromatic N) is 3. The highest BCUT2D eigenvalue weighted by Gasteiger charge is 2.32. The smallest absolute Gasteiger partial charge is 0.263 e. The van der Waals surface area contributed by atoms with Gasteiger partial charge in [-0.2, -0.15) is 4.98 Å². The lowest BCUT2D eigenvalue weighted by Gasteiger charge is -2.38. The molecule has 1 saturated carbocycles. The molecule has 2 aromatic rings. The zero-order valence-electron chi connectivity index (χ0n) is 9.73. The molecule has 3 N–H and O–H groups in total. The van der Waals surface area contributed by atoms with Gasteiger partial charge in [0.15, 0.2) is 0 Å². The molecule has 1 aliphatic rings. The van der Waals surface area contributed by atoms with Gasteiger partial charge in [-0.25, -0.2) is 4.98 Å². The van der Waals surface area contributed by atoms with Gasteiger partial charge in [0.05, 0.1) is 5.69 Å². The molecule has 0 atom stereocenters. The highest BCUT2D eigenvalue weighted by atomic mass is 16.5. The Morgan fingerprint density at radius 2 is 2.29 bits per heavy atom. The Bertz CT molecular complexity index is 546. The van der Waals surface area contributed by atoms with Crippen molar-refractivity contribution in [3.05, 3.63) is 12.0 Å². The van der Waals surface area contributed by atoms with Crippen LogP contribution in [0.1, 0.15) is 25.0 Å². The number of aryl methyl sites for hydroxylation is 1. The lowest BCUT2D eigenvalue weighted by Crippen LogP contribution is -2.52. The molecule has 6 nitrogen and oxygen atoms in total. The third-order valence-electron chi connectivity index (χ3n) is 3.40. The molecular weight excluding hydrogens is 218 g/mol. The number of nitrogens with two attached hydrogens (primary N) is 1. The van der Waals surface area contributed by atoms with Crippen molar-refractivity contribution in [2.24, 2.45) is 5.73 Å². The van der Waals surface area contributed by atoms with Crippen LogP contribution in [0.3, 0.4) is 0 Å². The summed E-state index contributed by atoms with van der Waals surface area (Å²) in [6, 6.07) is 0. The highest BCUT2D eigenvalue weighted by molar-refractivity contribution is 5.87. The Balaban J connectivity index is 1.87. The van der Waals surface area contributed by atoms with Crippen molar-refractivity contribution in [3.8, 4) is 0 Å². The standard InChI is InChI=1S/C11H15N5O/c1-7-8-9(13-5-11(12)3-2-4-11)14-6-15-10(8)17-16-7/h6H,2-5,12H2,1H3,(H,13,14,15). The van der Waals surface area contributed by atoms with E-state index >= 15 is 0 Å². The molecule has 0 amide bonds. The van der Waals surface area contributed by atoms with E-state index in [1.54, 1.807) is 0 Å². The van der Waals surface area contributed by atoms with Gasteiger partial charge in [-0.05, 0) is 26.2 Å². The lowest BCUT2D eigenvalue weighted by atomic mass is 9.78. The molecule has 17 heavy (non-hydrogen) atoms. The van der Waals surface area contributed by atoms with Crippen molar-refractivity contribution >= 4 is 16.9 Å². The monoisotopic (exact) mass is 233 g/mol. The van der Waals surface area contributed by atoms with Crippen molar-refractivity contribution in [1.82, 2.24) is 15.1 Å². The number of fused-ring (bicyclic) bond motifs is 1. The van der Waals surface area contributed by atoms with Gasteiger partial charge in [-0.15, -0.1) is 0 Å². The van der Waals surface area contributed by atoms with Crippen LogP contribution >= 0.6 is 0 Å². The normalized spacial score (nSPS) is 18.0. The summed E-state index contributed by atoms with van der Waals surface area (Å²) in [5, 5.41) is 8.01. The van der Waals surface area contributed by atoms with Crippen LogP contribution in [0.4, 0.5) is 5.82 Å². The third kappa shape index (κ3) is 1.74. The number of nitrogens with one attached hydrogen (secondary N) is 1. The second-order valence-electron chi connectivity index (χ2n) is 4.74. The summed E-state index contributed by atoms with van der Waals surface area (Å²) in [7, 11) is 0. The van der Waals surface area contributed by atoms with E-state index in [1.165, 1.54) is 12.7 Å². The summed E-state index contributed by atoms with van der Waals surface area (Å²) >= 11 is 0. The van der Waals surface area contributed by atoms with Crippen molar-refractivity contribution in [2.75, 3.05) is 11.9 Å². The Kier molecular flexibility index (Phi) is 2.25. The molecule has 2 aromatic heterocycles. The topological polar surface area (TPSA) is 89.9 Å². The van der Waals surface area contributed by atoms with Crippen LogP contribution < -0.4 is 11.1 Å². The Hall–Kier alpha value is -1.69. The summed E-state index contributed by atoms with van der Waals surface area (Å²) < 4.78 is 5.09. The fraction of sp³-hybridized carbons (Fsp3) is 0.545. The van der Waals surface area contributed by atoms with Gasteiger partial charge in [0.25, 0.3) is 5.71 Å². The number of hydrogen-bond acceptors (Lipinski definition) is 6. The summed E-state index contributed by atoms with van der Waals surface area (Å²) in [6.45, 7) is 2.60. The van der Waals surface area contributed by atoms with Gasteiger partial charge in [0.1, 0.15) is 17.5 Å². The van der Waals surface area contributed by atoms with E-state index in [2.05, 4.69) is 20.4 Å². The zero-order chi connectivity index (χ0) is 11.9. The minimum absolute atomic E-state index is 0.0810. The summed E-state index contributed by atoms with van der Waals surface area (Å²) in [6.07, 6.45) is 4.82. The molecule has 0 aliphatic heterocycles. The maximum Gasteiger partial charge on any atom is 0.263 e. The molecule has 0 saturated heterocycles. The molecule has 0 unspecified atom stereocenters. The summed E-state index contributed by atoms with van der Waals surface area (Å²) in [4.78, 5) is 8.25. The van der Waals surface area contributed by atoms with E-state index in [-0.39, 0.29) is 5.54 Å². The molecule has 2 heterocycles. The van der Waals surface area contributed by atoms with Gasteiger partial charge in [0.2, 0.25) is 0 Å². The van der Waals surface area contributed by atoms with Crippen molar-refractivity contribution in [1.29, 1.82) is 0 Å². The van der Waals surface area contributed by atoms with Crippen LogP contribution in [0.5, 0.6) is 0 Å². The van der Waals surface area contributed by atoms with E-state index in [1.807, 2.05) is 6.92 Å². The van der Waals surface area contributed by atoms with Crippen LogP contribution in [0.2, 0.25) is 0 Å². The Morgan fingerprint density at radius 1 is 1.47 bits per heavy atom. The fourth-order valence-corrected chi connectivity index (χ4v) is 2.12. The predicted octanol–water partition coefficient (Wildman–Crippen LogP) is 1.22. The first-order valence-electron chi connectivity index (χ1n) is 5.78. The molecule has 0 aromatic carbocycles. The maximum absolute atomic E-state index is 6.16. The van der Waals surface area contributed by atoms with Crippen molar-refractivity contribution in [3.63, 3.8) is 0 Å². The molecule has 1 fully saturated rings. The van der Waals surface area contributed by atoms with Crippen LogP contribution in [0.25, 0.3) is 11.1 Å². The molecule has 0 spiro atoms. The van der Waals surface area contributed by atoms with E-state index in [0.717, 1.165) is 36.3 Å². The quantitative estimate of drug-likeness (QED) is 0.828. The SMILES string of the molecule is Cc1noc2ncnc(NCC3(N)CCC3)c12. The molecular formula is C11H15N5O. The second kappa shape index (κ2) is 3.66. The number of aromatic nitrogens is 3. The average molecular weight is 233 g/mol. The second-order valence-corrected chi connectivity index (χ2v) is 4.74. The molecule has 0 radical (unpaired) electrons.